The first-order chi connectivity index (χ1) is 17.8. The molecular formula is C27H27F3N4O3. The molecule has 0 bridgehead atoms. The molecule has 1 fully saturated rings. The maximum Gasteiger partial charge on any atom is 0.422 e. The largest absolute Gasteiger partial charge is 0.468 e. The van der Waals surface area contributed by atoms with Gasteiger partial charge in [0.2, 0.25) is 11.8 Å². The number of rotatable bonds is 8. The number of nitrogens with zero attached hydrogens (tertiary/aromatic N) is 3. The predicted octanol–water partition coefficient (Wildman–Crippen LogP) is 3.84. The number of pyridine rings is 1. The van der Waals surface area contributed by atoms with Gasteiger partial charge in [0.1, 0.15) is 6.04 Å². The van der Waals surface area contributed by atoms with Gasteiger partial charge in [0, 0.05) is 50.6 Å². The van der Waals surface area contributed by atoms with Crippen LogP contribution in [0.2, 0.25) is 0 Å². The van der Waals surface area contributed by atoms with E-state index in [0.717, 1.165) is 11.1 Å². The van der Waals surface area contributed by atoms with Crippen molar-refractivity contribution < 1.29 is 27.5 Å². The summed E-state index contributed by atoms with van der Waals surface area (Å²) in [5.74, 6) is -0.722. The van der Waals surface area contributed by atoms with Gasteiger partial charge in [-0.3, -0.25) is 14.5 Å². The van der Waals surface area contributed by atoms with Crippen molar-refractivity contribution in [1.29, 1.82) is 0 Å². The van der Waals surface area contributed by atoms with Gasteiger partial charge in [-0.2, -0.15) is 13.2 Å². The summed E-state index contributed by atoms with van der Waals surface area (Å²) in [6.07, 6.45) is -3.25. The minimum absolute atomic E-state index is 0.129. The highest BCUT2D eigenvalue weighted by atomic mass is 19.4. The zero-order valence-corrected chi connectivity index (χ0v) is 20.0. The molecule has 1 N–H and O–H groups in total. The van der Waals surface area contributed by atoms with E-state index in [9.17, 15) is 22.8 Å². The SMILES string of the molecule is O=C(NCc1ccccc1)[C@H](c1ccccc1)N1CCN(C(=O)c2ccnc(OCC(F)(F)F)c2)CC1. The van der Waals surface area contributed by atoms with E-state index >= 15 is 0 Å². The summed E-state index contributed by atoms with van der Waals surface area (Å²) in [6.45, 7) is 0.537. The van der Waals surface area contributed by atoms with Crippen LogP contribution >= 0.6 is 0 Å². The normalized spacial score (nSPS) is 15.2. The van der Waals surface area contributed by atoms with Crippen LogP contribution < -0.4 is 10.1 Å². The molecule has 1 aromatic heterocycles. The highest BCUT2D eigenvalue weighted by molar-refractivity contribution is 5.94. The first-order valence-corrected chi connectivity index (χ1v) is 11.9. The molecule has 0 unspecified atom stereocenters. The van der Waals surface area contributed by atoms with E-state index in [0.29, 0.717) is 32.7 Å². The number of hydrogen-bond donors (Lipinski definition) is 1. The summed E-state index contributed by atoms with van der Waals surface area (Å²) in [5, 5.41) is 3.02. The molecule has 3 aromatic rings. The lowest BCUT2D eigenvalue weighted by atomic mass is 10.0. The molecule has 2 aromatic carbocycles. The fraction of sp³-hybridized carbons (Fsp3) is 0.296. The van der Waals surface area contributed by atoms with Crippen LogP contribution in [0.25, 0.3) is 0 Å². The summed E-state index contributed by atoms with van der Waals surface area (Å²) in [6, 6.07) is 21.2. The molecule has 0 spiro atoms. The van der Waals surface area contributed by atoms with Crippen LogP contribution in [0.5, 0.6) is 5.88 Å². The van der Waals surface area contributed by atoms with Crippen LogP contribution in [0.1, 0.15) is 27.5 Å². The Morgan fingerprint density at radius 3 is 2.24 bits per heavy atom. The number of hydrogen-bond acceptors (Lipinski definition) is 5. The van der Waals surface area contributed by atoms with E-state index in [4.69, 9.17) is 0 Å². The van der Waals surface area contributed by atoms with Crippen molar-refractivity contribution in [3.8, 4) is 5.88 Å². The minimum Gasteiger partial charge on any atom is -0.468 e. The Morgan fingerprint density at radius 2 is 1.59 bits per heavy atom. The molecule has 1 atom stereocenters. The Hall–Kier alpha value is -3.92. The van der Waals surface area contributed by atoms with Crippen LogP contribution in [0.3, 0.4) is 0 Å². The van der Waals surface area contributed by atoms with E-state index in [1.807, 2.05) is 65.6 Å². The number of carbonyl (C=O) groups is 2. The molecule has 10 heteroatoms. The van der Waals surface area contributed by atoms with Gasteiger partial charge in [0.25, 0.3) is 5.91 Å². The predicted molar refractivity (Wildman–Crippen MR) is 131 cm³/mol. The molecular weight excluding hydrogens is 485 g/mol. The third-order valence-corrected chi connectivity index (χ3v) is 6.01. The second-order valence-electron chi connectivity index (χ2n) is 8.63. The highest BCUT2D eigenvalue weighted by Crippen LogP contribution is 2.24. The smallest absolute Gasteiger partial charge is 0.422 e. The third-order valence-electron chi connectivity index (χ3n) is 6.01. The maximum absolute atomic E-state index is 13.3. The van der Waals surface area contributed by atoms with Crippen molar-refractivity contribution >= 4 is 11.8 Å². The molecule has 0 radical (unpaired) electrons. The second-order valence-corrected chi connectivity index (χ2v) is 8.63. The van der Waals surface area contributed by atoms with Crippen molar-refractivity contribution in [3.63, 3.8) is 0 Å². The van der Waals surface area contributed by atoms with E-state index in [-0.39, 0.29) is 23.3 Å². The summed E-state index contributed by atoms with van der Waals surface area (Å²) in [4.78, 5) is 33.7. The molecule has 194 valence electrons. The standard InChI is InChI=1S/C27H27F3N4O3/c28-27(29,30)19-37-23-17-22(11-12-31-23)26(36)34-15-13-33(14-16-34)24(21-9-5-2-6-10-21)25(35)32-18-20-7-3-1-4-8-20/h1-12,17,24H,13-16,18-19H2,(H,32,35)/t24-/m0/s1. The summed E-state index contributed by atoms with van der Waals surface area (Å²) < 4.78 is 42.0. The fourth-order valence-electron chi connectivity index (χ4n) is 4.19. The van der Waals surface area contributed by atoms with E-state index in [1.54, 1.807) is 4.90 Å². The van der Waals surface area contributed by atoms with Gasteiger partial charge in [-0.15, -0.1) is 0 Å². The average Bonchev–Trinajstić information content (AvgIpc) is 2.92. The number of amides is 2. The van der Waals surface area contributed by atoms with Crippen LogP contribution in [0.15, 0.2) is 79.0 Å². The van der Waals surface area contributed by atoms with Crippen molar-refractivity contribution in [2.24, 2.45) is 0 Å². The lowest BCUT2D eigenvalue weighted by Crippen LogP contribution is -2.52. The molecule has 7 nitrogen and oxygen atoms in total. The molecule has 0 saturated carbocycles. The van der Waals surface area contributed by atoms with Crippen molar-refractivity contribution in [3.05, 3.63) is 95.7 Å². The van der Waals surface area contributed by atoms with Gasteiger partial charge in [-0.1, -0.05) is 60.7 Å². The van der Waals surface area contributed by atoms with Crippen LogP contribution in [0, 0.1) is 0 Å². The van der Waals surface area contributed by atoms with E-state index < -0.39 is 18.8 Å². The number of aromatic nitrogens is 1. The molecule has 0 aliphatic carbocycles. The average molecular weight is 513 g/mol. The molecule has 1 aliphatic heterocycles. The lowest BCUT2D eigenvalue weighted by Gasteiger charge is -2.38. The molecule has 1 saturated heterocycles. The minimum atomic E-state index is -4.50. The Morgan fingerprint density at radius 1 is 0.946 bits per heavy atom. The van der Waals surface area contributed by atoms with Crippen LogP contribution in [0.4, 0.5) is 13.2 Å². The number of piperazine rings is 1. The van der Waals surface area contributed by atoms with Gasteiger partial charge in [0.05, 0.1) is 0 Å². The number of ether oxygens (including phenoxy) is 1. The second kappa shape index (κ2) is 11.9. The molecule has 2 amide bonds. The van der Waals surface area contributed by atoms with Gasteiger partial charge < -0.3 is 15.0 Å². The van der Waals surface area contributed by atoms with Crippen LogP contribution in [-0.2, 0) is 11.3 Å². The Labute approximate surface area is 212 Å². The van der Waals surface area contributed by atoms with Crippen molar-refractivity contribution in [2.75, 3.05) is 32.8 Å². The monoisotopic (exact) mass is 512 g/mol. The van der Waals surface area contributed by atoms with E-state index in [1.165, 1.54) is 18.3 Å². The molecule has 2 heterocycles. The number of carbonyl (C=O) groups excluding carboxylic acids is 2. The fourth-order valence-corrected chi connectivity index (χ4v) is 4.19. The number of alkyl halides is 3. The highest BCUT2D eigenvalue weighted by Gasteiger charge is 2.32. The Bertz CT molecular complexity index is 1180. The molecule has 4 rings (SSSR count). The van der Waals surface area contributed by atoms with Gasteiger partial charge in [-0.05, 0) is 17.2 Å². The number of nitrogens with one attached hydrogen (secondary N) is 1. The number of benzene rings is 2. The quantitative estimate of drug-likeness (QED) is 0.497. The maximum atomic E-state index is 13.3. The summed E-state index contributed by atoms with van der Waals surface area (Å²) in [7, 11) is 0. The zero-order chi connectivity index (χ0) is 26.3. The van der Waals surface area contributed by atoms with Crippen molar-refractivity contribution in [2.45, 2.75) is 18.8 Å². The summed E-state index contributed by atoms with van der Waals surface area (Å²) >= 11 is 0. The lowest BCUT2D eigenvalue weighted by molar-refractivity contribution is -0.154. The zero-order valence-electron chi connectivity index (χ0n) is 20.0. The number of halogens is 3. The summed E-state index contributed by atoms with van der Waals surface area (Å²) in [5.41, 5.74) is 2.04. The first-order valence-electron chi connectivity index (χ1n) is 11.9. The Kier molecular flexibility index (Phi) is 8.39. The van der Waals surface area contributed by atoms with Gasteiger partial charge >= 0.3 is 6.18 Å². The molecule has 1 aliphatic rings. The van der Waals surface area contributed by atoms with Gasteiger partial charge in [0.15, 0.2) is 6.61 Å². The van der Waals surface area contributed by atoms with E-state index in [2.05, 4.69) is 15.0 Å². The third kappa shape index (κ3) is 7.29. The van der Waals surface area contributed by atoms with Crippen molar-refractivity contribution in [1.82, 2.24) is 20.1 Å². The molecule has 37 heavy (non-hydrogen) atoms. The topological polar surface area (TPSA) is 74.8 Å². The Balaban J connectivity index is 1.40. The first kappa shape index (κ1) is 26.2. The van der Waals surface area contributed by atoms with Gasteiger partial charge in [-0.25, -0.2) is 4.98 Å². The van der Waals surface area contributed by atoms with Crippen LogP contribution in [-0.4, -0.2) is 65.6 Å².